The molecule has 0 aliphatic carbocycles. The summed E-state index contributed by atoms with van der Waals surface area (Å²) in [5, 5.41) is 2.12. The van der Waals surface area contributed by atoms with Crippen molar-refractivity contribution in [2.45, 2.75) is 0 Å². The van der Waals surface area contributed by atoms with Gasteiger partial charge in [-0.15, -0.1) is 0 Å². The Kier molecular flexibility index (Phi) is 3.61. The largest absolute Gasteiger partial charge is 0.454 e. The molecule has 4 aromatic rings. The van der Waals surface area contributed by atoms with Crippen LogP contribution in [0.4, 0.5) is 0 Å². The second kappa shape index (κ2) is 6.25. The third-order valence-electron chi connectivity index (χ3n) is 4.78. The summed E-state index contributed by atoms with van der Waals surface area (Å²) in [5.41, 5.74) is 4.74. The van der Waals surface area contributed by atoms with E-state index in [-0.39, 0.29) is 6.79 Å². The summed E-state index contributed by atoms with van der Waals surface area (Å²) in [6, 6.07) is 19.9. The maximum Gasteiger partial charge on any atom is 0.231 e. The molecule has 3 aromatic carbocycles. The summed E-state index contributed by atoms with van der Waals surface area (Å²) < 4.78 is 11.3. The van der Waals surface area contributed by atoms with Gasteiger partial charge in [0.1, 0.15) is 6.29 Å². The third-order valence-corrected chi connectivity index (χ3v) is 4.78. The molecule has 0 saturated heterocycles. The normalized spacial score (nSPS) is 12.3. The SMILES string of the molecule is O=Cc1ccc2cc(-c3cc4c(c(-c5cccnc5)c3)OCO4)ccc2c1. The second-order valence-corrected chi connectivity index (χ2v) is 6.44. The van der Waals surface area contributed by atoms with Crippen LogP contribution >= 0.6 is 0 Å². The zero-order valence-corrected chi connectivity index (χ0v) is 14.4. The topological polar surface area (TPSA) is 48.4 Å². The maximum atomic E-state index is 11.0. The summed E-state index contributed by atoms with van der Waals surface area (Å²) >= 11 is 0. The van der Waals surface area contributed by atoms with Gasteiger partial charge in [0.15, 0.2) is 11.5 Å². The van der Waals surface area contributed by atoms with Crippen molar-refractivity contribution in [1.29, 1.82) is 0 Å². The lowest BCUT2D eigenvalue weighted by Gasteiger charge is -2.11. The Bertz CT molecular complexity index is 1170. The molecule has 0 amide bonds. The van der Waals surface area contributed by atoms with E-state index in [0.717, 1.165) is 50.8 Å². The molecule has 0 spiro atoms. The van der Waals surface area contributed by atoms with E-state index < -0.39 is 0 Å². The molecule has 0 saturated carbocycles. The molecule has 0 radical (unpaired) electrons. The third kappa shape index (κ3) is 2.72. The fourth-order valence-electron chi connectivity index (χ4n) is 3.43. The molecule has 0 fully saturated rings. The number of fused-ring (bicyclic) bond motifs is 2. The standard InChI is InChI=1S/C23H15NO3/c25-13-15-3-4-17-9-18(6-5-16(17)8-15)20-10-21(19-2-1-7-24-12-19)23-22(11-20)26-14-27-23/h1-13H,14H2. The number of ether oxygens (including phenoxy) is 2. The molecule has 2 heterocycles. The molecule has 0 bridgehead atoms. The van der Waals surface area contributed by atoms with Gasteiger partial charge in [0, 0.05) is 29.1 Å². The summed E-state index contributed by atoms with van der Waals surface area (Å²) in [4.78, 5) is 15.2. The number of carbonyl (C=O) groups excluding carboxylic acids is 1. The monoisotopic (exact) mass is 353 g/mol. The Morgan fingerprint density at radius 3 is 2.59 bits per heavy atom. The average molecular weight is 353 g/mol. The van der Waals surface area contributed by atoms with Gasteiger partial charge < -0.3 is 9.47 Å². The van der Waals surface area contributed by atoms with Crippen molar-refractivity contribution < 1.29 is 14.3 Å². The number of aldehydes is 1. The van der Waals surface area contributed by atoms with E-state index in [4.69, 9.17) is 9.47 Å². The maximum absolute atomic E-state index is 11.0. The lowest BCUT2D eigenvalue weighted by Crippen LogP contribution is -1.93. The van der Waals surface area contributed by atoms with Gasteiger partial charge in [0.05, 0.1) is 0 Å². The van der Waals surface area contributed by atoms with Crippen LogP contribution in [0.2, 0.25) is 0 Å². The first-order valence-corrected chi connectivity index (χ1v) is 8.65. The van der Waals surface area contributed by atoms with Crippen LogP contribution in [0, 0.1) is 0 Å². The van der Waals surface area contributed by atoms with Crippen molar-refractivity contribution in [3.63, 3.8) is 0 Å². The molecule has 1 aliphatic rings. The Morgan fingerprint density at radius 1 is 0.852 bits per heavy atom. The highest BCUT2D eigenvalue weighted by atomic mass is 16.7. The van der Waals surface area contributed by atoms with Gasteiger partial charge >= 0.3 is 0 Å². The van der Waals surface area contributed by atoms with Gasteiger partial charge in [-0.3, -0.25) is 9.78 Å². The van der Waals surface area contributed by atoms with E-state index in [1.54, 1.807) is 6.20 Å². The number of benzene rings is 3. The molecule has 1 aromatic heterocycles. The zero-order valence-electron chi connectivity index (χ0n) is 14.4. The molecule has 130 valence electrons. The second-order valence-electron chi connectivity index (χ2n) is 6.44. The Labute approximate surface area is 156 Å². The van der Waals surface area contributed by atoms with Crippen molar-refractivity contribution >= 4 is 17.1 Å². The molecule has 4 heteroatoms. The van der Waals surface area contributed by atoms with Gasteiger partial charge in [0.25, 0.3) is 0 Å². The number of carbonyl (C=O) groups is 1. The van der Waals surface area contributed by atoms with Crippen LogP contribution in [0.5, 0.6) is 11.5 Å². The quantitative estimate of drug-likeness (QED) is 0.480. The van der Waals surface area contributed by atoms with E-state index in [1.807, 2.05) is 48.7 Å². The van der Waals surface area contributed by atoms with Gasteiger partial charge in [0.2, 0.25) is 6.79 Å². The fourth-order valence-corrected chi connectivity index (χ4v) is 3.43. The molecule has 0 atom stereocenters. The molecule has 4 nitrogen and oxygen atoms in total. The molecule has 0 N–H and O–H groups in total. The molecule has 5 rings (SSSR count). The average Bonchev–Trinajstić information content (AvgIpc) is 3.21. The molecular weight excluding hydrogens is 338 g/mol. The Morgan fingerprint density at radius 2 is 1.74 bits per heavy atom. The van der Waals surface area contributed by atoms with Crippen molar-refractivity contribution in [3.8, 4) is 33.8 Å². The van der Waals surface area contributed by atoms with E-state index in [9.17, 15) is 4.79 Å². The van der Waals surface area contributed by atoms with Crippen LogP contribution in [0.25, 0.3) is 33.0 Å². The van der Waals surface area contributed by atoms with Crippen molar-refractivity contribution in [2.24, 2.45) is 0 Å². The van der Waals surface area contributed by atoms with Gasteiger partial charge in [-0.25, -0.2) is 0 Å². The summed E-state index contributed by atoms with van der Waals surface area (Å²) in [6.45, 7) is 0.220. The van der Waals surface area contributed by atoms with Crippen LogP contribution in [-0.2, 0) is 0 Å². The van der Waals surface area contributed by atoms with Crippen molar-refractivity contribution in [3.05, 3.63) is 78.6 Å². The van der Waals surface area contributed by atoms with Crippen LogP contribution in [-0.4, -0.2) is 18.1 Å². The van der Waals surface area contributed by atoms with Crippen LogP contribution in [0.1, 0.15) is 10.4 Å². The highest BCUT2D eigenvalue weighted by molar-refractivity contribution is 5.92. The first kappa shape index (κ1) is 15.6. The molecule has 0 unspecified atom stereocenters. The van der Waals surface area contributed by atoms with Crippen LogP contribution < -0.4 is 9.47 Å². The lowest BCUT2D eigenvalue weighted by atomic mass is 9.96. The van der Waals surface area contributed by atoms with Crippen LogP contribution in [0.3, 0.4) is 0 Å². The minimum atomic E-state index is 0.220. The predicted octanol–water partition coefficient (Wildman–Crippen LogP) is 5.11. The Balaban J connectivity index is 1.67. The number of pyridine rings is 1. The fraction of sp³-hybridized carbons (Fsp3) is 0.0435. The predicted molar refractivity (Wildman–Crippen MR) is 104 cm³/mol. The van der Waals surface area contributed by atoms with E-state index >= 15 is 0 Å². The summed E-state index contributed by atoms with van der Waals surface area (Å²) in [6.07, 6.45) is 4.44. The number of nitrogens with zero attached hydrogens (tertiary/aromatic N) is 1. The zero-order chi connectivity index (χ0) is 18.2. The first-order chi connectivity index (χ1) is 13.3. The highest BCUT2D eigenvalue weighted by Gasteiger charge is 2.21. The lowest BCUT2D eigenvalue weighted by molar-refractivity contribution is 0.112. The number of hydrogen-bond acceptors (Lipinski definition) is 4. The van der Waals surface area contributed by atoms with Gasteiger partial charge in [-0.1, -0.05) is 30.3 Å². The van der Waals surface area contributed by atoms with Gasteiger partial charge in [-0.2, -0.15) is 0 Å². The van der Waals surface area contributed by atoms with Crippen molar-refractivity contribution in [1.82, 2.24) is 4.98 Å². The van der Waals surface area contributed by atoms with E-state index in [1.165, 1.54) is 0 Å². The number of rotatable bonds is 3. The minimum absolute atomic E-state index is 0.220. The Hall–Kier alpha value is -3.66. The molecule has 27 heavy (non-hydrogen) atoms. The molecule has 1 aliphatic heterocycles. The van der Waals surface area contributed by atoms with E-state index in [2.05, 4.69) is 23.2 Å². The summed E-state index contributed by atoms with van der Waals surface area (Å²) in [7, 11) is 0. The summed E-state index contributed by atoms with van der Waals surface area (Å²) in [5.74, 6) is 1.49. The highest BCUT2D eigenvalue weighted by Crippen LogP contribution is 2.44. The number of aromatic nitrogens is 1. The molecular formula is C23H15NO3. The first-order valence-electron chi connectivity index (χ1n) is 8.65. The smallest absolute Gasteiger partial charge is 0.231 e. The minimum Gasteiger partial charge on any atom is -0.454 e. The van der Waals surface area contributed by atoms with Crippen LogP contribution in [0.15, 0.2) is 73.1 Å². The van der Waals surface area contributed by atoms with Crippen molar-refractivity contribution in [2.75, 3.05) is 6.79 Å². The van der Waals surface area contributed by atoms with Gasteiger partial charge in [-0.05, 0) is 52.2 Å². The number of hydrogen-bond donors (Lipinski definition) is 0. The van der Waals surface area contributed by atoms with E-state index in [0.29, 0.717) is 5.56 Å².